The molecule has 0 heterocycles. The zero-order valence-corrected chi connectivity index (χ0v) is 17.4. The van der Waals surface area contributed by atoms with Gasteiger partial charge in [-0.3, -0.25) is 10.2 Å². The average Bonchev–Trinajstić information content (AvgIpc) is 2.84. The van der Waals surface area contributed by atoms with E-state index in [-0.39, 0.29) is 11.5 Å². The predicted octanol–water partition coefficient (Wildman–Crippen LogP) is 4.51. The molecule has 0 saturated heterocycles. The zero-order valence-electron chi connectivity index (χ0n) is 17.4. The van der Waals surface area contributed by atoms with Crippen molar-refractivity contribution in [1.29, 1.82) is 0 Å². The fourth-order valence-corrected chi connectivity index (χ4v) is 2.79. The third-order valence-corrected chi connectivity index (χ3v) is 4.38. The van der Waals surface area contributed by atoms with E-state index in [1.165, 1.54) is 31.4 Å². The number of hydrogen-bond acceptors (Lipinski definition) is 5. The largest absolute Gasteiger partial charge is 0.464 e. The molecule has 0 bridgehead atoms. The molecule has 3 aromatic carbocycles. The Morgan fingerprint density at radius 1 is 0.875 bits per heavy atom. The maximum atomic E-state index is 13.0. The highest BCUT2D eigenvalue weighted by Gasteiger charge is 2.13. The molecule has 0 saturated carbocycles. The van der Waals surface area contributed by atoms with E-state index in [0.29, 0.717) is 11.3 Å². The van der Waals surface area contributed by atoms with Gasteiger partial charge in [-0.05, 0) is 23.8 Å². The predicted molar refractivity (Wildman–Crippen MR) is 122 cm³/mol. The molecule has 0 atom stereocenters. The van der Waals surface area contributed by atoms with Gasteiger partial charge in [-0.25, -0.2) is 9.18 Å². The van der Waals surface area contributed by atoms with Gasteiger partial charge in [0.2, 0.25) is 0 Å². The molecule has 0 aliphatic rings. The molecule has 0 unspecified atom stereocenters. The molecule has 32 heavy (non-hydrogen) atoms. The quantitative estimate of drug-likeness (QED) is 0.248. The lowest BCUT2D eigenvalue weighted by molar-refractivity contribution is -0.136. The molecule has 0 radical (unpaired) electrons. The summed E-state index contributed by atoms with van der Waals surface area (Å²) in [6.07, 6.45) is 3.90. The van der Waals surface area contributed by atoms with Gasteiger partial charge in [0.15, 0.2) is 5.78 Å². The van der Waals surface area contributed by atoms with Crippen LogP contribution in [0.3, 0.4) is 0 Å². The van der Waals surface area contributed by atoms with Crippen LogP contribution in [0, 0.1) is 5.82 Å². The smallest absolute Gasteiger partial charge is 0.356 e. The van der Waals surface area contributed by atoms with Gasteiger partial charge in [0.05, 0.1) is 12.8 Å². The van der Waals surface area contributed by atoms with Gasteiger partial charge in [0.1, 0.15) is 11.5 Å². The molecule has 0 amide bonds. The van der Waals surface area contributed by atoms with E-state index in [1.54, 1.807) is 12.1 Å². The minimum Gasteiger partial charge on any atom is -0.464 e. The molecule has 160 valence electrons. The fraction of sp³-hybridized carbons (Fsp3) is 0.0385. The number of ketones is 1. The summed E-state index contributed by atoms with van der Waals surface area (Å²) in [5.41, 5.74) is 5.46. The number of methoxy groups -OCH3 is 1. The SMILES string of the molecule is COC(=O)C(=CC(=O)C=Cc1ccc(F)cc1)NN=C(c1ccccc1)c1ccccc1. The highest BCUT2D eigenvalue weighted by Crippen LogP contribution is 2.11. The molecular weight excluding hydrogens is 407 g/mol. The number of halogens is 1. The molecule has 3 rings (SSSR count). The van der Waals surface area contributed by atoms with E-state index in [1.807, 2.05) is 60.7 Å². The van der Waals surface area contributed by atoms with Gasteiger partial charge in [0.25, 0.3) is 0 Å². The van der Waals surface area contributed by atoms with Crippen molar-refractivity contribution in [2.24, 2.45) is 5.10 Å². The molecule has 0 aliphatic heterocycles. The summed E-state index contributed by atoms with van der Waals surface area (Å²) in [4.78, 5) is 24.6. The normalized spacial score (nSPS) is 11.1. The number of carbonyl (C=O) groups is 2. The summed E-state index contributed by atoms with van der Waals surface area (Å²) in [5.74, 6) is -1.56. The maximum absolute atomic E-state index is 13.0. The first-order valence-corrected chi connectivity index (χ1v) is 9.79. The van der Waals surface area contributed by atoms with Gasteiger partial charge in [0, 0.05) is 17.2 Å². The topological polar surface area (TPSA) is 67.8 Å². The molecule has 0 aromatic heterocycles. The number of rotatable bonds is 8. The number of nitrogens with one attached hydrogen (secondary N) is 1. The molecule has 0 spiro atoms. The van der Waals surface area contributed by atoms with Crippen LogP contribution in [-0.4, -0.2) is 24.6 Å². The number of nitrogens with zero attached hydrogens (tertiary/aromatic N) is 1. The summed E-state index contributed by atoms with van der Waals surface area (Å²) in [6, 6.07) is 24.6. The van der Waals surface area contributed by atoms with Crippen molar-refractivity contribution in [2.45, 2.75) is 0 Å². The number of hydrogen-bond donors (Lipinski definition) is 1. The monoisotopic (exact) mass is 428 g/mol. The van der Waals surface area contributed by atoms with Crippen LogP contribution in [0.2, 0.25) is 0 Å². The van der Waals surface area contributed by atoms with E-state index in [9.17, 15) is 14.0 Å². The van der Waals surface area contributed by atoms with Crippen LogP contribution in [0.5, 0.6) is 0 Å². The van der Waals surface area contributed by atoms with Crippen molar-refractivity contribution >= 4 is 23.5 Å². The summed E-state index contributed by atoms with van der Waals surface area (Å²) >= 11 is 0. The second-order valence-electron chi connectivity index (χ2n) is 6.64. The lowest BCUT2D eigenvalue weighted by atomic mass is 10.0. The third-order valence-electron chi connectivity index (χ3n) is 4.38. The van der Waals surface area contributed by atoms with E-state index < -0.39 is 11.8 Å². The summed E-state index contributed by atoms with van der Waals surface area (Å²) in [6.45, 7) is 0. The van der Waals surface area contributed by atoms with E-state index >= 15 is 0 Å². The lowest BCUT2D eigenvalue weighted by Gasteiger charge is -2.09. The Balaban J connectivity index is 1.87. The Kier molecular flexibility index (Phi) is 7.81. The minimum absolute atomic E-state index is 0.120. The molecule has 0 fully saturated rings. The minimum atomic E-state index is -0.738. The zero-order chi connectivity index (χ0) is 22.8. The Hall–Kier alpha value is -4.32. The average molecular weight is 428 g/mol. The highest BCUT2D eigenvalue weighted by molar-refractivity contribution is 6.13. The highest BCUT2D eigenvalue weighted by atomic mass is 19.1. The summed E-state index contributed by atoms with van der Waals surface area (Å²) in [5, 5.41) is 4.39. The Morgan fingerprint density at radius 2 is 1.44 bits per heavy atom. The Labute approximate surface area is 185 Å². The first-order valence-electron chi connectivity index (χ1n) is 9.79. The molecule has 6 heteroatoms. The molecule has 1 N–H and O–H groups in total. The second-order valence-corrected chi connectivity index (χ2v) is 6.64. The summed E-state index contributed by atoms with van der Waals surface area (Å²) in [7, 11) is 1.22. The fourth-order valence-electron chi connectivity index (χ4n) is 2.79. The van der Waals surface area contributed by atoms with Crippen LogP contribution in [0.25, 0.3) is 6.08 Å². The van der Waals surface area contributed by atoms with Crippen molar-refractivity contribution < 1.29 is 18.7 Å². The standard InChI is InChI=1S/C26H21FN2O3/c1-32-26(31)24(18-23(30)17-14-19-12-15-22(27)16-13-19)28-29-25(20-8-4-2-5-9-20)21-10-6-3-7-11-21/h2-18,28H,1H3. The van der Waals surface area contributed by atoms with Crippen molar-refractivity contribution in [2.75, 3.05) is 7.11 Å². The maximum Gasteiger partial charge on any atom is 0.356 e. The van der Waals surface area contributed by atoms with Gasteiger partial charge in [-0.2, -0.15) is 5.10 Å². The number of hydrazone groups is 1. The number of allylic oxidation sites excluding steroid dienone is 2. The van der Waals surface area contributed by atoms with E-state index in [0.717, 1.165) is 17.2 Å². The first-order chi connectivity index (χ1) is 15.6. The van der Waals surface area contributed by atoms with Gasteiger partial charge < -0.3 is 4.74 Å². The number of esters is 1. The number of carbonyl (C=O) groups excluding carboxylic acids is 2. The van der Waals surface area contributed by atoms with Crippen LogP contribution in [0.1, 0.15) is 16.7 Å². The van der Waals surface area contributed by atoms with Crippen LogP contribution in [0.15, 0.2) is 108 Å². The van der Waals surface area contributed by atoms with Crippen LogP contribution in [-0.2, 0) is 14.3 Å². The first kappa shape index (κ1) is 22.4. The Bertz CT molecular complexity index is 1110. The van der Waals surface area contributed by atoms with Gasteiger partial charge in [-0.15, -0.1) is 0 Å². The van der Waals surface area contributed by atoms with Crippen molar-refractivity contribution in [3.8, 4) is 0 Å². The van der Waals surface area contributed by atoms with E-state index in [4.69, 9.17) is 4.74 Å². The van der Waals surface area contributed by atoms with Crippen molar-refractivity contribution in [3.05, 3.63) is 125 Å². The van der Waals surface area contributed by atoms with Crippen molar-refractivity contribution in [1.82, 2.24) is 5.43 Å². The lowest BCUT2D eigenvalue weighted by Crippen LogP contribution is -2.20. The van der Waals surface area contributed by atoms with Crippen LogP contribution < -0.4 is 5.43 Å². The van der Waals surface area contributed by atoms with Crippen LogP contribution in [0.4, 0.5) is 4.39 Å². The van der Waals surface area contributed by atoms with Crippen molar-refractivity contribution in [3.63, 3.8) is 0 Å². The molecule has 0 aliphatic carbocycles. The summed E-state index contributed by atoms with van der Waals surface area (Å²) < 4.78 is 17.8. The third kappa shape index (κ3) is 6.34. The van der Waals surface area contributed by atoms with Gasteiger partial charge >= 0.3 is 5.97 Å². The van der Waals surface area contributed by atoms with Crippen LogP contribution >= 0.6 is 0 Å². The Morgan fingerprint density at radius 3 is 1.97 bits per heavy atom. The van der Waals surface area contributed by atoms with E-state index in [2.05, 4.69) is 10.5 Å². The number of ether oxygens (including phenoxy) is 1. The second kappa shape index (κ2) is 11.2. The molecular formula is C26H21FN2O3. The number of benzene rings is 3. The van der Waals surface area contributed by atoms with Gasteiger partial charge in [-0.1, -0.05) is 78.9 Å². The molecule has 3 aromatic rings. The molecule has 5 nitrogen and oxygen atoms in total.